The van der Waals surface area contributed by atoms with Gasteiger partial charge >= 0.3 is 0 Å². The van der Waals surface area contributed by atoms with E-state index in [1.807, 2.05) is 6.20 Å². The van der Waals surface area contributed by atoms with Crippen molar-refractivity contribution in [3.05, 3.63) is 24.3 Å². The van der Waals surface area contributed by atoms with E-state index in [9.17, 15) is 0 Å². The van der Waals surface area contributed by atoms with Crippen LogP contribution in [-0.2, 0) is 0 Å². The summed E-state index contributed by atoms with van der Waals surface area (Å²) in [5, 5.41) is 0. The first-order valence-electron chi connectivity index (χ1n) is 4.73. The Morgan fingerprint density at radius 1 is 1.08 bits per heavy atom. The van der Waals surface area contributed by atoms with Crippen molar-refractivity contribution in [2.45, 2.75) is 38.0 Å². The maximum absolute atomic E-state index is 4.34. The largest absolute Gasteiger partial charge is 0.261 e. The fraction of sp³-hybridized carbons (Fsp3) is 0.600. The minimum atomic E-state index is 0.687. The molecule has 0 N–H and O–H groups in total. The Morgan fingerprint density at radius 3 is 2.58 bits per heavy atom. The average molecular weight is 162 g/mol. The van der Waals surface area contributed by atoms with Crippen LogP contribution in [0.25, 0.3) is 0 Å². The van der Waals surface area contributed by atoms with Crippen molar-refractivity contribution in [1.29, 1.82) is 0 Å². The van der Waals surface area contributed by atoms with Gasteiger partial charge in [0.25, 0.3) is 0 Å². The van der Waals surface area contributed by atoms with E-state index in [-0.39, 0.29) is 0 Å². The van der Waals surface area contributed by atoms with Crippen molar-refractivity contribution in [3.63, 3.8) is 0 Å². The first-order chi connectivity index (χ1) is 5.97. The Bertz CT molecular complexity index is 227. The van der Waals surface area contributed by atoms with Gasteiger partial charge in [0.15, 0.2) is 0 Å². The van der Waals surface area contributed by atoms with E-state index in [4.69, 9.17) is 0 Å². The minimum Gasteiger partial charge on any atom is -0.261 e. The van der Waals surface area contributed by atoms with E-state index in [1.54, 1.807) is 12.4 Å². The highest BCUT2D eigenvalue weighted by Crippen LogP contribution is 2.30. The first-order valence-corrected chi connectivity index (χ1v) is 4.73. The van der Waals surface area contributed by atoms with Crippen LogP contribution >= 0.6 is 0 Å². The van der Waals surface area contributed by atoms with Crippen molar-refractivity contribution < 1.29 is 0 Å². The van der Waals surface area contributed by atoms with Gasteiger partial charge in [-0.25, -0.2) is 0 Å². The Hall–Kier alpha value is -0.920. The molecule has 0 aromatic carbocycles. The lowest BCUT2D eigenvalue weighted by molar-refractivity contribution is 0.435. The predicted octanol–water partition coefficient (Wildman–Crippen LogP) is 2.52. The summed E-state index contributed by atoms with van der Waals surface area (Å²) >= 11 is 0. The zero-order chi connectivity index (χ0) is 8.23. The smallest absolute Gasteiger partial charge is 0.0617 e. The van der Waals surface area contributed by atoms with Crippen LogP contribution in [0.1, 0.15) is 43.7 Å². The second-order valence-electron chi connectivity index (χ2n) is 3.47. The summed E-state index contributed by atoms with van der Waals surface area (Å²) in [6.07, 6.45) is 12.2. The van der Waals surface area contributed by atoms with Crippen molar-refractivity contribution in [2.24, 2.45) is 0 Å². The normalized spacial score (nSPS) is 19.3. The van der Waals surface area contributed by atoms with Gasteiger partial charge in [-0.3, -0.25) is 9.97 Å². The maximum atomic E-state index is 4.34. The van der Waals surface area contributed by atoms with Crippen LogP contribution < -0.4 is 0 Å². The zero-order valence-electron chi connectivity index (χ0n) is 7.24. The Labute approximate surface area is 73.1 Å². The monoisotopic (exact) mass is 162 g/mol. The molecule has 1 fully saturated rings. The molecule has 64 valence electrons. The van der Waals surface area contributed by atoms with Gasteiger partial charge in [-0.2, -0.15) is 0 Å². The molecule has 0 bridgehead atoms. The van der Waals surface area contributed by atoms with Gasteiger partial charge in [-0.05, 0) is 12.8 Å². The second-order valence-corrected chi connectivity index (χ2v) is 3.47. The molecular formula is C10H14N2. The fourth-order valence-corrected chi connectivity index (χ4v) is 1.92. The molecule has 0 saturated heterocycles. The van der Waals surface area contributed by atoms with Crippen molar-refractivity contribution in [2.75, 3.05) is 0 Å². The van der Waals surface area contributed by atoms with Crippen LogP contribution in [-0.4, -0.2) is 9.97 Å². The van der Waals surface area contributed by atoms with Crippen LogP contribution in [0, 0.1) is 0 Å². The second kappa shape index (κ2) is 3.65. The summed E-state index contributed by atoms with van der Waals surface area (Å²) < 4.78 is 0. The molecule has 12 heavy (non-hydrogen) atoms. The van der Waals surface area contributed by atoms with Gasteiger partial charge in [-0.15, -0.1) is 0 Å². The molecule has 1 aromatic heterocycles. The number of hydrogen-bond donors (Lipinski definition) is 0. The van der Waals surface area contributed by atoms with Crippen LogP contribution in [0.5, 0.6) is 0 Å². The predicted molar refractivity (Wildman–Crippen MR) is 47.9 cm³/mol. The molecule has 2 heteroatoms. The molecule has 1 heterocycles. The molecule has 1 aromatic rings. The quantitative estimate of drug-likeness (QED) is 0.634. The van der Waals surface area contributed by atoms with Crippen molar-refractivity contribution >= 4 is 0 Å². The van der Waals surface area contributed by atoms with Crippen LogP contribution in [0.3, 0.4) is 0 Å². The molecule has 0 unspecified atom stereocenters. The van der Waals surface area contributed by atoms with Crippen LogP contribution in [0.15, 0.2) is 18.6 Å². The van der Waals surface area contributed by atoms with E-state index in [0.717, 1.165) is 0 Å². The molecule has 1 aliphatic rings. The summed E-state index contributed by atoms with van der Waals surface area (Å²) in [6, 6.07) is 0. The highest BCUT2D eigenvalue weighted by Gasteiger charge is 2.15. The number of nitrogens with zero attached hydrogens (tertiary/aromatic N) is 2. The number of aromatic nitrogens is 2. The Balaban J connectivity index is 2.08. The summed E-state index contributed by atoms with van der Waals surface area (Å²) in [5.41, 5.74) is 1.19. The van der Waals surface area contributed by atoms with Crippen molar-refractivity contribution in [1.82, 2.24) is 9.97 Å². The third-order valence-electron chi connectivity index (χ3n) is 2.61. The lowest BCUT2D eigenvalue weighted by Gasteiger charge is -2.20. The average Bonchev–Trinajstić information content (AvgIpc) is 2.21. The number of rotatable bonds is 1. The third kappa shape index (κ3) is 1.63. The third-order valence-corrected chi connectivity index (χ3v) is 2.61. The highest BCUT2D eigenvalue weighted by molar-refractivity contribution is 5.03. The molecule has 0 aliphatic heterocycles. The fourth-order valence-electron chi connectivity index (χ4n) is 1.92. The molecule has 0 atom stereocenters. The van der Waals surface area contributed by atoms with Gasteiger partial charge in [-0.1, -0.05) is 19.3 Å². The molecule has 0 spiro atoms. The van der Waals surface area contributed by atoms with E-state index in [1.165, 1.54) is 37.8 Å². The molecule has 2 rings (SSSR count). The van der Waals surface area contributed by atoms with Crippen LogP contribution in [0.4, 0.5) is 0 Å². The number of hydrogen-bond acceptors (Lipinski definition) is 2. The van der Waals surface area contributed by atoms with Gasteiger partial charge in [0.2, 0.25) is 0 Å². The zero-order valence-corrected chi connectivity index (χ0v) is 7.24. The van der Waals surface area contributed by atoms with Crippen molar-refractivity contribution in [3.8, 4) is 0 Å². The molecule has 1 aliphatic carbocycles. The van der Waals surface area contributed by atoms with Crippen LogP contribution in [0.2, 0.25) is 0 Å². The summed E-state index contributed by atoms with van der Waals surface area (Å²) in [5.74, 6) is 0.687. The lowest BCUT2D eigenvalue weighted by Crippen LogP contribution is -2.06. The molecule has 0 amide bonds. The van der Waals surface area contributed by atoms with Gasteiger partial charge < -0.3 is 0 Å². The summed E-state index contributed by atoms with van der Waals surface area (Å²) in [7, 11) is 0. The molecule has 0 radical (unpaired) electrons. The van der Waals surface area contributed by atoms with E-state index >= 15 is 0 Å². The first kappa shape index (κ1) is 7.71. The van der Waals surface area contributed by atoms with E-state index in [2.05, 4.69) is 9.97 Å². The molecular weight excluding hydrogens is 148 g/mol. The lowest BCUT2D eigenvalue weighted by atomic mass is 9.87. The van der Waals surface area contributed by atoms with E-state index < -0.39 is 0 Å². The minimum absolute atomic E-state index is 0.687. The standard InChI is InChI=1S/C10H14N2/c1-2-4-9(5-3-1)10-8-11-6-7-12-10/h6-9H,1-5H2. The SMILES string of the molecule is c1cnc(C2CCCCC2)cn1. The van der Waals surface area contributed by atoms with E-state index in [0.29, 0.717) is 5.92 Å². The highest BCUT2D eigenvalue weighted by atomic mass is 14.8. The summed E-state index contributed by atoms with van der Waals surface area (Å²) in [4.78, 5) is 8.44. The Kier molecular flexibility index (Phi) is 2.35. The Morgan fingerprint density at radius 2 is 1.92 bits per heavy atom. The maximum Gasteiger partial charge on any atom is 0.0617 e. The topological polar surface area (TPSA) is 25.8 Å². The molecule has 2 nitrogen and oxygen atoms in total. The molecule has 1 saturated carbocycles. The van der Waals surface area contributed by atoms with Gasteiger partial charge in [0.05, 0.1) is 5.69 Å². The van der Waals surface area contributed by atoms with Gasteiger partial charge in [0.1, 0.15) is 0 Å². The van der Waals surface area contributed by atoms with Gasteiger partial charge in [0, 0.05) is 24.5 Å². The summed E-state index contributed by atoms with van der Waals surface area (Å²) in [6.45, 7) is 0.